The van der Waals surface area contributed by atoms with Gasteiger partial charge in [0, 0.05) is 18.7 Å². The van der Waals surface area contributed by atoms with E-state index in [0.29, 0.717) is 12.3 Å². The molecule has 0 aliphatic rings. The first-order valence-electron chi connectivity index (χ1n) is 7.50. The molecule has 2 atom stereocenters. The van der Waals surface area contributed by atoms with E-state index >= 15 is 0 Å². The lowest BCUT2D eigenvalue weighted by Gasteiger charge is -2.27. The van der Waals surface area contributed by atoms with E-state index in [4.69, 9.17) is 4.52 Å². The van der Waals surface area contributed by atoms with Crippen molar-refractivity contribution in [1.82, 2.24) is 20.7 Å². The predicted molar refractivity (Wildman–Crippen MR) is 84.7 cm³/mol. The Morgan fingerprint density at radius 3 is 2.55 bits per heavy atom. The third-order valence-electron chi connectivity index (χ3n) is 3.44. The molecule has 0 saturated carbocycles. The van der Waals surface area contributed by atoms with E-state index in [2.05, 4.69) is 15.8 Å². The fraction of sp³-hybridized carbons (Fsp3) is 0.733. The highest BCUT2D eigenvalue weighted by Crippen LogP contribution is 2.23. The molecule has 2 unspecified atom stereocenters. The molecule has 1 heterocycles. The average Bonchev–Trinajstić information content (AvgIpc) is 2.72. The molecule has 0 saturated heterocycles. The number of hydrogen-bond acceptors (Lipinski definition) is 5. The predicted octanol–water partition coefficient (Wildman–Crippen LogP) is 1.35. The largest absolute Gasteiger partial charge is 0.387 e. The summed E-state index contributed by atoms with van der Waals surface area (Å²) in [5.74, 6) is 0.712. The van der Waals surface area contributed by atoms with Gasteiger partial charge in [0.15, 0.2) is 0 Å². The van der Waals surface area contributed by atoms with Gasteiger partial charge in [-0.15, -0.1) is 0 Å². The van der Waals surface area contributed by atoms with Crippen LogP contribution in [-0.4, -0.2) is 54.0 Å². The first kappa shape index (κ1) is 18.4. The van der Waals surface area contributed by atoms with Crippen LogP contribution in [0.1, 0.15) is 43.3 Å². The second kappa shape index (κ2) is 7.60. The van der Waals surface area contributed by atoms with Crippen molar-refractivity contribution in [1.29, 1.82) is 0 Å². The number of carbonyl (C=O) groups is 1. The minimum atomic E-state index is -0.981. The zero-order valence-electron chi connectivity index (χ0n) is 14.4. The second-order valence-corrected chi connectivity index (χ2v) is 6.26. The standard InChI is InChI=1S/C15H28N4O3/c1-7-12(13-10(2)18-22-11(13)3)17-14(20)16-8-15(4,21)9-19(5)6/h12,21H,7-9H2,1-6H3,(H2,16,17,20). The fourth-order valence-electron chi connectivity index (χ4n) is 2.58. The topological polar surface area (TPSA) is 90.6 Å². The molecule has 0 bridgehead atoms. The van der Waals surface area contributed by atoms with Gasteiger partial charge in [-0.3, -0.25) is 0 Å². The van der Waals surface area contributed by atoms with Crippen molar-refractivity contribution in [2.24, 2.45) is 0 Å². The summed E-state index contributed by atoms with van der Waals surface area (Å²) < 4.78 is 5.15. The molecule has 2 amide bonds. The van der Waals surface area contributed by atoms with E-state index in [-0.39, 0.29) is 18.6 Å². The Balaban J connectivity index is 2.60. The van der Waals surface area contributed by atoms with Crippen LogP contribution in [0.2, 0.25) is 0 Å². The van der Waals surface area contributed by atoms with Gasteiger partial charge in [0.2, 0.25) is 0 Å². The Morgan fingerprint density at radius 1 is 1.45 bits per heavy atom. The Morgan fingerprint density at radius 2 is 2.09 bits per heavy atom. The number of aliphatic hydroxyl groups is 1. The number of carbonyl (C=O) groups excluding carboxylic acids is 1. The van der Waals surface area contributed by atoms with E-state index in [1.165, 1.54) is 0 Å². The minimum absolute atomic E-state index is 0.162. The second-order valence-electron chi connectivity index (χ2n) is 6.26. The maximum atomic E-state index is 12.1. The van der Waals surface area contributed by atoms with Crippen molar-refractivity contribution >= 4 is 6.03 Å². The van der Waals surface area contributed by atoms with E-state index < -0.39 is 5.60 Å². The van der Waals surface area contributed by atoms with Crippen LogP contribution in [0.4, 0.5) is 4.79 Å². The van der Waals surface area contributed by atoms with Crippen LogP contribution < -0.4 is 10.6 Å². The number of urea groups is 1. The number of rotatable bonds is 7. The molecule has 0 aliphatic carbocycles. The van der Waals surface area contributed by atoms with Crippen molar-refractivity contribution in [3.05, 3.63) is 17.0 Å². The van der Waals surface area contributed by atoms with E-state index in [0.717, 1.165) is 17.7 Å². The summed E-state index contributed by atoms with van der Waals surface area (Å²) in [4.78, 5) is 13.9. The normalized spacial score (nSPS) is 15.5. The summed E-state index contributed by atoms with van der Waals surface area (Å²) in [6.07, 6.45) is 0.727. The molecule has 0 aliphatic heterocycles. The highest BCUT2D eigenvalue weighted by atomic mass is 16.5. The Bertz CT molecular complexity index is 477. The van der Waals surface area contributed by atoms with Crippen LogP contribution in [0.5, 0.6) is 0 Å². The molecule has 7 nitrogen and oxygen atoms in total. The summed E-state index contributed by atoms with van der Waals surface area (Å²) in [5.41, 5.74) is 0.716. The first-order chi connectivity index (χ1) is 10.2. The number of amides is 2. The van der Waals surface area contributed by atoms with Crippen LogP contribution in [0.15, 0.2) is 4.52 Å². The number of likely N-dealkylation sites (N-methyl/N-ethyl adjacent to an activating group) is 1. The third-order valence-corrected chi connectivity index (χ3v) is 3.44. The summed E-state index contributed by atoms with van der Waals surface area (Å²) in [5, 5.41) is 19.7. The van der Waals surface area contributed by atoms with Crippen molar-refractivity contribution in [3.8, 4) is 0 Å². The number of aromatic nitrogens is 1. The molecule has 1 aromatic heterocycles. The van der Waals surface area contributed by atoms with Crippen molar-refractivity contribution in [3.63, 3.8) is 0 Å². The lowest BCUT2D eigenvalue weighted by molar-refractivity contribution is 0.0359. The van der Waals surface area contributed by atoms with Gasteiger partial charge < -0.3 is 25.2 Å². The minimum Gasteiger partial charge on any atom is -0.387 e. The molecule has 1 rings (SSSR count). The average molecular weight is 312 g/mol. The maximum Gasteiger partial charge on any atom is 0.315 e. The van der Waals surface area contributed by atoms with Gasteiger partial charge in [-0.25, -0.2) is 4.79 Å². The summed E-state index contributed by atoms with van der Waals surface area (Å²) in [6.45, 7) is 8.01. The van der Waals surface area contributed by atoms with Crippen LogP contribution in [0, 0.1) is 13.8 Å². The molecule has 0 radical (unpaired) electrons. The number of nitrogens with one attached hydrogen (secondary N) is 2. The molecule has 7 heteroatoms. The molecular formula is C15H28N4O3. The van der Waals surface area contributed by atoms with Crippen LogP contribution in [0.3, 0.4) is 0 Å². The Hall–Kier alpha value is -1.60. The van der Waals surface area contributed by atoms with Gasteiger partial charge in [-0.1, -0.05) is 12.1 Å². The van der Waals surface area contributed by atoms with Gasteiger partial charge in [-0.05, 0) is 41.3 Å². The zero-order chi connectivity index (χ0) is 16.9. The fourth-order valence-corrected chi connectivity index (χ4v) is 2.58. The van der Waals surface area contributed by atoms with Gasteiger partial charge in [0.05, 0.1) is 17.3 Å². The molecule has 0 spiro atoms. The molecule has 1 aromatic rings. The number of hydrogen-bond donors (Lipinski definition) is 3. The smallest absolute Gasteiger partial charge is 0.315 e. The molecule has 3 N–H and O–H groups in total. The highest BCUT2D eigenvalue weighted by molar-refractivity contribution is 5.74. The number of nitrogens with zero attached hydrogens (tertiary/aromatic N) is 2. The molecule has 0 aromatic carbocycles. The Kier molecular flexibility index (Phi) is 6.37. The monoisotopic (exact) mass is 312 g/mol. The van der Waals surface area contributed by atoms with Crippen LogP contribution in [0.25, 0.3) is 0 Å². The van der Waals surface area contributed by atoms with E-state index in [1.807, 2.05) is 39.8 Å². The van der Waals surface area contributed by atoms with Crippen molar-refractivity contribution < 1.29 is 14.4 Å². The summed E-state index contributed by atoms with van der Waals surface area (Å²) in [6, 6.07) is -0.476. The van der Waals surface area contributed by atoms with Crippen LogP contribution >= 0.6 is 0 Å². The SMILES string of the molecule is CCC(NC(=O)NCC(C)(O)CN(C)C)c1c(C)noc1C. The van der Waals surface area contributed by atoms with Crippen molar-refractivity contribution in [2.75, 3.05) is 27.2 Å². The Labute approximate surface area is 132 Å². The molecular weight excluding hydrogens is 284 g/mol. The van der Waals surface area contributed by atoms with Crippen molar-refractivity contribution in [2.45, 2.75) is 45.8 Å². The summed E-state index contributed by atoms with van der Waals surface area (Å²) >= 11 is 0. The zero-order valence-corrected chi connectivity index (χ0v) is 14.4. The first-order valence-corrected chi connectivity index (χ1v) is 7.50. The van der Waals surface area contributed by atoms with Gasteiger partial charge in [0.25, 0.3) is 0 Å². The lowest BCUT2D eigenvalue weighted by atomic mass is 10.0. The summed E-state index contributed by atoms with van der Waals surface area (Å²) in [7, 11) is 3.75. The van der Waals surface area contributed by atoms with E-state index in [9.17, 15) is 9.90 Å². The number of aryl methyl sites for hydroxylation is 2. The maximum absolute atomic E-state index is 12.1. The molecule has 126 valence electrons. The third kappa shape index (κ3) is 5.31. The van der Waals surface area contributed by atoms with E-state index in [1.54, 1.807) is 6.92 Å². The van der Waals surface area contributed by atoms with Crippen LogP contribution in [-0.2, 0) is 0 Å². The highest BCUT2D eigenvalue weighted by Gasteiger charge is 2.24. The van der Waals surface area contributed by atoms with Gasteiger partial charge in [0.1, 0.15) is 5.76 Å². The quantitative estimate of drug-likeness (QED) is 0.707. The molecule has 22 heavy (non-hydrogen) atoms. The van der Waals surface area contributed by atoms with Gasteiger partial charge >= 0.3 is 6.03 Å². The lowest BCUT2D eigenvalue weighted by Crippen LogP contribution is -2.49. The van der Waals surface area contributed by atoms with Gasteiger partial charge in [-0.2, -0.15) is 0 Å². The molecule has 0 fully saturated rings.